The second-order valence-electron chi connectivity index (χ2n) is 8.22. The number of nitrogens with zero attached hydrogens (tertiary/aromatic N) is 2. The first-order valence-corrected chi connectivity index (χ1v) is 9.83. The van der Waals surface area contributed by atoms with E-state index in [9.17, 15) is 9.59 Å². The Hall–Kier alpha value is -3.62. The highest BCUT2D eigenvalue weighted by Gasteiger charge is 2.27. The number of anilines is 5. The molecule has 0 saturated heterocycles. The van der Waals surface area contributed by atoms with E-state index in [2.05, 4.69) is 46.7 Å². The van der Waals surface area contributed by atoms with Gasteiger partial charge in [0.15, 0.2) is 0 Å². The number of nitrogens with one attached hydrogen (secondary N) is 3. The molecule has 9 nitrogen and oxygen atoms in total. The van der Waals surface area contributed by atoms with E-state index in [0.717, 1.165) is 0 Å². The molecule has 3 aromatic rings. The van der Waals surface area contributed by atoms with Crippen LogP contribution in [-0.4, -0.2) is 30.2 Å². The van der Waals surface area contributed by atoms with E-state index in [1.54, 1.807) is 44.7 Å². The van der Waals surface area contributed by atoms with Gasteiger partial charge in [-0.2, -0.15) is 4.98 Å². The highest BCUT2D eigenvalue weighted by molar-refractivity contribution is 5.78. The maximum absolute atomic E-state index is 12.1. The van der Waals surface area contributed by atoms with Crippen molar-refractivity contribution in [2.75, 3.05) is 30.2 Å². The molecule has 2 aromatic carbocycles. The lowest BCUT2D eigenvalue weighted by Crippen LogP contribution is -2.41. The second kappa shape index (κ2) is 8.63. The van der Waals surface area contributed by atoms with Gasteiger partial charge in [0.2, 0.25) is 5.95 Å². The van der Waals surface area contributed by atoms with Crippen molar-refractivity contribution >= 4 is 28.8 Å². The van der Waals surface area contributed by atoms with Crippen molar-refractivity contribution in [1.82, 2.24) is 9.97 Å². The number of aromatic nitrogens is 2. The minimum atomic E-state index is -0.578. The first kappa shape index (κ1) is 22.1. The van der Waals surface area contributed by atoms with Gasteiger partial charge < -0.3 is 25.4 Å². The van der Waals surface area contributed by atoms with E-state index >= 15 is 0 Å². The van der Waals surface area contributed by atoms with Crippen molar-refractivity contribution in [2.45, 2.75) is 33.7 Å². The Labute approximate surface area is 180 Å². The minimum absolute atomic E-state index is 0.0143. The summed E-state index contributed by atoms with van der Waals surface area (Å²) in [6.45, 7) is 8.13. The quantitative estimate of drug-likeness (QED) is 0.467. The predicted octanol–water partition coefficient (Wildman–Crippen LogP) is 3.42. The Balaban J connectivity index is 1.82. The Kier molecular flexibility index (Phi) is 6.14. The largest absolute Gasteiger partial charge is 0.497 e. The fraction of sp³-hybridized carbons (Fsp3) is 0.364. The van der Waals surface area contributed by atoms with Gasteiger partial charge in [0.1, 0.15) is 28.7 Å². The van der Waals surface area contributed by atoms with Gasteiger partial charge >= 0.3 is 0 Å². The lowest BCUT2D eigenvalue weighted by Gasteiger charge is -2.30. The number of hydrogen-bond acceptors (Lipinski definition) is 9. The van der Waals surface area contributed by atoms with Crippen LogP contribution in [0.2, 0.25) is 0 Å². The summed E-state index contributed by atoms with van der Waals surface area (Å²) in [6, 6.07) is 6.90. The average molecular weight is 425 g/mol. The summed E-state index contributed by atoms with van der Waals surface area (Å²) in [4.78, 5) is 32.8. The highest BCUT2D eigenvalue weighted by Crippen LogP contribution is 2.31. The molecule has 1 heterocycles. The molecule has 1 atom stereocenters. The molecule has 3 N–H and O–H groups in total. The number of rotatable bonds is 8. The molecule has 1 unspecified atom stereocenters. The number of benzene rings is 1. The van der Waals surface area contributed by atoms with Crippen molar-refractivity contribution in [3.63, 3.8) is 0 Å². The standard InChI is InChI=1S/C22H27N5O4/c1-12(22(2,3)4)24-17-18(20(29)19(17)28)26-16-9-10-23-21(27-16)25-14-11-13(30-5)7-8-15(14)31-6/h7-12,24H,1-6H3,(H2,23,25,26,27). The van der Waals surface area contributed by atoms with Crippen LogP contribution in [-0.2, 0) is 0 Å². The van der Waals surface area contributed by atoms with Crippen molar-refractivity contribution in [2.24, 2.45) is 5.41 Å². The molecule has 9 heteroatoms. The van der Waals surface area contributed by atoms with Crippen LogP contribution in [0.4, 0.5) is 28.8 Å². The molecule has 31 heavy (non-hydrogen) atoms. The molecule has 3 rings (SSSR count). The van der Waals surface area contributed by atoms with E-state index in [4.69, 9.17) is 9.47 Å². The van der Waals surface area contributed by atoms with Crippen LogP contribution >= 0.6 is 0 Å². The number of hydrogen-bond donors (Lipinski definition) is 3. The third-order valence-electron chi connectivity index (χ3n) is 5.13. The average Bonchev–Trinajstić information content (AvgIpc) is 2.75. The third-order valence-corrected chi connectivity index (χ3v) is 5.13. The van der Waals surface area contributed by atoms with E-state index in [-0.39, 0.29) is 28.8 Å². The first-order valence-electron chi connectivity index (χ1n) is 9.83. The van der Waals surface area contributed by atoms with Crippen molar-refractivity contribution < 1.29 is 9.47 Å². The van der Waals surface area contributed by atoms with Crippen LogP contribution in [0.1, 0.15) is 27.7 Å². The number of ether oxygens (including phenoxy) is 2. The van der Waals surface area contributed by atoms with Crippen LogP contribution in [0, 0.1) is 5.41 Å². The lowest BCUT2D eigenvalue weighted by molar-refractivity contribution is 0.359. The van der Waals surface area contributed by atoms with E-state index in [1.807, 2.05) is 6.92 Å². The summed E-state index contributed by atoms with van der Waals surface area (Å²) in [6.07, 6.45) is 1.54. The SMILES string of the molecule is COc1ccc(OC)c(Nc2nccc(Nc3c(NC(C)C(C)(C)C)c(=O)c3=O)n2)c1. The second-order valence-corrected chi connectivity index (χ2v) is 8.22. The summed E-state index contributed by atoms with van der Waals surface area (Å²) in [5.41, 5.74) is -0.105. The molecule has 0 radical (unpaired) electrons. The molecule has 0 saturated carbocycles. The molecule has 0 amide bonds. The molecular formula is C22H27N5O4. The summed E-state index contributed by atoms with van der Waals surface area (Å²) in [5, 5.41) is 9.17. The fourth-order valence-electron chi connectivity index (χ4n) is 2.73. The minimum Gasteiger partial charge on any atom is -0.497 e. The zero-order valence-electron chi connectivity index (χ0n) is 18.5. The van der Waals surface area contributed by atoms with Gasteiger partial charge in [-0.25, -0.2) is 4.98 Å². The monoisotopic (exact) mass is 425 g/mol. The zero-order valence-corrected chi connectivity index (χ0v) is 18.5. The molecule has 164 valence electrons. The summed E-state index contributed by atoms with van der Waals surface area (Å²) in [5.74, 6) is 1.89. The molecule has 0 aliphatic rings. The summed E-state index contributed by atoms with van der Waals surface area (Å²) < 4.78 is 10.6. The molecule has 0 aliphatic heterocycles. The lowest BCUT2D eigenvalue weighted by atomic mass is 9.87. The zero-order chi connectivity index (χ0) is 22.8. The molecule has 1 aromatic heterocycles. The van der Waals surface area contributed by atoms with E-state index in [1.165, 1.54) is 0 Å². The van der Waals surface area contributed by atoms with Crippen molar-refractivity contribution in [3.8, 4) is 11.5 Å². The Bertz CT molecular complexity index is 1150. The Morgan fingerprint density at radius 3 is 2.32 bits per heavy atom. The van der Waals surface area contributed by atoms with Gasteiger partial charge in [-0.3, -0.25) is 9.59 Å². The van der Waals surface area contributed by atoms with Crippen LogP contribution in [0.25, 0.3) is 0 Å². The highest BCUT2D eigenvalue weighted by atomic mass is 16.5. The fourth-order valence-corrected chi connectivity index (χ4v) is 2.73. The third kappa shape index (κ3) is 4.76. The summed E-state index contributed by atoms with van der Waals surface area (Å²) >= 11 is 0. The van der Waals surface area contributed by atoms with Gasteiger partial charge in [-0.05, 0) is 30.5 Å². The van der Waals surface area contributed by atoms with E-state index in [0.29, 0.717) is 23.0 Å². The van der Waals surface area contributed by atoms with Crippen molar-refractivity contribution in [3.05, 3.63) is 50.9 Å². The number of methoxy groups -OCH3 is 2. The van der Waals surface area contributed by atoms with Gasteiger partial charge in [0.25, 0.3) is 10.9 Å². The normalized spacial score (nSPS) is 12.3. The van der Waals surface area contributed by atoms with Crippen LogP contribution in [0.15, 0.2) is 40.1 Å². The molecule has 0 spiro atoms. The van der Waals surface area contributed by atoms with E-state index < -0.39 is 10.9 Å². The van der Waals surface area contributed by atoms with Gasteiger partial charge in [0, 0.05) is 18.3 Å². The predicted molar refractivity (Wildman–Crippen MR) is 122 cm³/mol. The molecule has 0 bridgehead atoms. The smallest absolute Gasteiger partial charge is 0.253 e. The maximum atomic E-state index is 12.1. The molecule has 0 aliphatic carbocycles. The van der Waals surface area contributed by atoms with Crippen LogP contribution in [0.3, 0.4) is 0 Å². The van der Waals surface area contributed by atoms with Gasteiger partial charge in [-0.15, -0.1) is 0 Å². The Morgan fingerprint density at radius 1 is 0.968 bits per heavy atom. The van der Waals surface area contributed by atoms with Gasteiger partial charge in [0.05, 0.1) is 19.9 Å². The molecule has 0 fully saturated rings. The molecular weight excluding hydrogens is 398 g/mol. The first-order chi connectivity index (χ1) is 14.6. The van der Waals surface area contributed by atoms with Crippen molar-refractivity contribution in [1.29, 1.82) is 0 Å². The topological polar surface area (TPSA) is 114 Å². The van der Waals surface area contributed by atoms with Crippen LogP contribution in [0.5, 0.6) is 11.5 Å². The van der Waals surface area contributed by atoms with Gasteiger partial charge in [-0.1, -0.05) is 20.8 Å². The maximum Gasteiger partial charge on any atom is 0.253 e. The summed E-state index contributed by atoms with van der Waals surface area (Å²) in [7, 11) is 3.13. The Morgan fingerprint density at radius 2 is 1.68 bits per heavy atom. The van der Waals surface area contributed by atoms with Crippen LogP contribution < -0.4 is 36.3 Å².